The number of nitro groups is 1. The molecule has 0 spiro atoms. The maximum absolute atomic E-state index is 10.9. The number of hydrogen-bond donors (Lipinski definition) is 1. The summed E-state index contributed by atoms with van der Waals surface area (Å²) in [5.74, 6) is 0.788. The van der Waals surface area contributed by atoms with E-state index in [0.29, 0.717) is 17.3 Å². The average molecular weight is 323 g/mol. The number of benzene rings is 1. The summed E-state index contributed by atoms with van der Waals surface area (Å²) in [6.45, 7) is 0. The minimum absolute atomic E-state index is 0. The fourth-order valence-corrected chi connectivity index (χ4v) is 2.24. The Bertz CT molecular complexity index is 710. The van der Waals surface area contributed by atoms with Crippen LogP contribution in [0.25, 0.3) is 12.2 Å². The van der Waals surface area contributed by atoms with Gasteiger partial charge in [0.05, 0.1) is 16.0 Å². The van der Waals surface area contributed by atoms with E-state index in [2.05, 4.69) is 10.1 Å². The molecule has 0 unspecified atom stereocenters. The molecule has 1 aromatic heterocycles. The van der Waals surface area contributed by atoms with Gasteiger partial charge in [-0.1, -0.05) is 17.3 Å². The first-order chi connectivity index (χ1) is 10.1. The highest BCUT2D eigenvalue weighted by Crippen LogP contribution is 2.36. The molecule has 3 rings (SSSR count). The number of para-hydroxylation sites is 1. The molecular weight excluding hydrogens is 308 g/mol. The van der Waals surface area contributed by atoms with Crippen LogP contribution < -0.4 is 5.73 Å². The standard InChI is InChI=1S/C14H14N4O3.ClH/c15-14(8-3-9-14)13-16-12(21-17-13)7-6-10-4-1-2-5-11(10)18(19)20;/h1-2,4-7H,3,8-9,15H2;1H/b7-6+;. The molecule has 1 saturated carbocycles. The van der Waals surface area contributed by atoms with Gasteiger partial charge < -0.3 is 10.3 Å². The Balaban J connectivity index is 0.00000176. The lowest BCUT2D eigenvalue weighted by Gasteiger charge is -2.34. The first-order valence-corrected chi connectivity index (χ1v) is 6.63. The van der Waals surface area contributed by atoms with E-state index < -0.39 is 10.5 Å². The van der Waals surface area contributed by atoms with E-state index >= 15 is 0 Å². The lowest BCUT2D eigenvalue weighted by atomic mass is 9.77. The second-order valence-corrected chi connectivity index (χ2v) is 5.12. The van der Waals surface area contributed by atoms with Crippen LogP contribution in [-0.4, -0.2) is 15.1 Å². The van der Waals surface area contributed by atoms with E-state index in [1.807, 2.05) is 0 Å². The molecule has 1 aliphatic carbocycles. The molecule has 116 valence electrons. The molecule has 1 fully saturated rings. The number of hydrogen-bond acceptors (Lipinski definition) is 6. The van der Waals surface area contributed by atoms with Gasteiger partial charge in [-0.15, -0.1) is 12.4 Å². The predicted octanol–water partition coefficient (Wildman–Crippen LogP) is 2.91. The topological polar surface area (TPSA) is 108 Å². The molecule has 8 heteroatoms. The van der Waals surface area contributed by atoms with Crippen molar-refractivity contribution in [1.29, 1.82) is 0 Å². The minimum atomic E-state index is -0.478. The molecule has 0 aliphatic heterocycles. The van der Waals surface area contributed by atoms with Gasteiger partial charge in [0.15, 0.2) is 5.82 Å². The van der Waals surface area contributed by atoms with Gasteiger partial charge in [-0.25, -0.2) is 0 Å². The van der Waals surface area contributed by atoms with Crippen LogP contribution in [0.1, 0.15) is 36.5 Å². The number of nitrogens with zero attached hydrogens (tertiary/aromatic N) is 3. The number of nitro benzene ring substituents is 1. The molecule has 0 saturated heterocycles. The van der Waals surface area contributed by atoms with Crippen LogP contribution in [0, 0.1) is 10.1 Å². The van der Waals surface area contributed by atoms with Gasteiger partial charge >= 0.3 is 0 Å². The monoisotopic (exact) mass is 322 g/mol. The highest BCUT2D eigenvalue weighted by atomic mass is 35.5. The van der Waals surface area contributed by atoms with Gasteiger partial charge in [0, 0.05) is 12.1 Å². The van der Waals surface area contributed by atoms with Crippen LogP contribution in [0.15, 0.2) is 28.8 Å². The molecule has 1 heterocycles. The molecule has 2 N–H and O–H groups in total. The van der Waals surface area contributed by atoms with Crippen LogP contribution in [-0.2, 0) is 5.54 Å². The molecule has 22 heavy (non-hydrogen) atoms. The van der Waals surface area contributed by atoms with Gasteiger partial charge in [0.2, 0.25) is 0 Å². The fraction of sp³-hybridized carbons (Fsp3) is 0.286. The Labute approximate surface area is 132 Å². The minimum Gasteiger partial charge on any atom is -0.335 e. The van der Waals surface area contributed by atoms with E-state index in [4.69, 9.17) is 10.3 Å². The third-order valence-electron chi connectivity index (χ3n) is 3.67. The lowest BCUT2D eigenvalue weighted by Crippen LogP contribution is -2.44. The zero-order valence-corrected chi connectivity index (χ0v) is 12.5. The molecule has 0 atom stereocenters. The summed E-state index contributed by atoms with van der Waals surface area (Å²) < 4.78 is 5.11. The van der Waals surface area contributed by atoms with Crippen LogP contribution in [0.3, 0.4) is 0 Å². The molecule has 2 aromatic rings. The van der Waals surface area contributed by atoms with Crippen LogP contribution in [0.5, 0.6) is 0 Å². The van der Waals surface area contributed by atoms with Crippen LogP contribution in [0.4, 0.5) is 5.69 Å². The van der Waals surface area contributed by atoms with Gasteiger partial charge in [0.25, 0.3) is 11.6 Å². The summed E-state index contributed by atoms with van der Waals surface area (Å²) in [6.07, 6.45) is 5.90. The Kier molecular flexibility index (Phi) is 4.58. The van der Waals surface area contributed by atoms with E-state index in [-0.39, 0.29) is 18.1 Å². The van der Waals surface area contributed by atoms with Gasteiger partial charge in [-0.3, -0.25) is 10.1 Å². The fourth-order valence-electron chi connectivity index (χ4n) is 2.24. The van der Waals surface area contributed by atoms with Crippen molar-refractivity contribution in [3.05, 3.63) is 51.7 Å². The van der Waals surface area contributed by atoms with E-state index in [0.717, 1.165) is 19.3 Å². The zero-order valence-electron chi connectivity index (χ0n) is 11.6. The van der Waals surface area contributed by atoms with Crippen LogP contribution in [0.2, 0.25) is 0 Å². The van der Waals surface area contributed by atoms with Crippen molar-refractivity contribution in [2.45, 2.75) is 24.8 Å². The summed E-state index contributed by atoms with van der Waals surface area (Å²) in [7, 11) is 0. The molecule has 7 nitrogen and oxygen atoms in total. The Morgan fingerprint density at radius 1 is 1.32 bits per heavy atom. The van der Waals surface area contributed by atoms with Crippen LogP contribution >= 0.6 is 12.4 Å². The van der Waals surface area contributed by atoms with Crippen molar-refractivity contribution in [2.75, 3.05) is 0 Å². The highest BCUT2D eigenvalue weighted by molar-refractivity contribution is 5.85. The van der Waals surface area contributed by atoms with Gasteiger partial charge in [-0.2, -0.15) is 4.98 Å². The smallest absolute Gasteiger partial charge is 0.276 e. The average Bonchev–Trinajstić information content (AvgIpc) is 2.92. The Morgan fingerprint density at radius 2 is 2.05 bits per heavy atom. The Morgan fingerprint density at radius 3 is 2.68 bits per heavy atom. The highest BCUT2D eigenvalue weighted by Gasteiger charge is 2.38. The summed E-state index contributed by atoms with van der Waals surface area (Å²) in [6, 6.07) is 6.45. The quantitative estimate of drug-likeness (QED) is 0.684. The third kappa shape index (κ3) is 3.00. The molecule has 0 bridgehead atoms. The number of aromatic nitrogens is 2. The van der Waals surface area contributed by atoms with E-state index in [1.54, 1.807) is 30.4 Å². The summed E-state index contributed by atoms with van der Waals surface area (Å²) >= 11 is 0. The maximum Gasteiger partial charge on any atom is 0.276 e. The van der Waals surface area contributed by atoms with Crippen molar-refractivity contribution in [3.8, 4) is 0 Å². The molecular formula is C14H15ClN4O3. The summed E-state index contributed by atoms with van der Waals surface area (Å²) in [5.41, 5.74) is 6.14. The SMILES string of the molecule is Cl.NC1(c2noc(/C=C/c3ccccc3[N+](=O)[O-])n2)CCC1. The molecule has 0 radical (unpaired) electrons. The maximum atomic E-state index is 10.9. The lowest BCUT2D eigenvalue weighted by molar-refractivity contribution is -0.385. The largest absolute Gasteiger partial charge is 0.335 e. The van der Waals surface area contributed by atoms with Crippen molar-refractivity contribution >= 4 is 30.2 Å². The van der Waals surface area contributed by atoms with Gasteiger partial charge in [-0.05, 0) is 31.4 Å². The van der Waals surface area contributed by atoms with Crippen molar-refractivity contribution in [3.63, 3.8) is 0 Å². The summed E-state index contributed by atoms with van der Waals surface area (Å²) in [4.78, 5) is 14.7. The van der Waals surface area contributed by atoms with Crippen molar-refractivity contribution in [2.24, 2.45) is 5.73 Å². The molecule has 1 aliphatic rings. The van der Waals surface area contributed by atoms with Crippen molar-refractivity contribution < 1.29 is 9.45 Å². The number of nitrogens with two attached hydrogens (primary N) is 1. The first kappa shape index (κ1) is 16.1. The second kappa shape index (κ2) is 6.25. The normalized spacial score (nSPS) is 16.0. The molecule has 0 amide bonds. The number of rotatable bonds is 4. The van der Waals surface area contributed by atoms with Gasteiger partial charge in [0.1, 0.15) is 0 Å². The first-order valence-electron chi connectivity index (χ1n) is 6.63. The third-order valence-corrected chi connectivity index (χ3v) is 3.67. The number of halogens is 1. The van der Waals surface area contributed by atoms with E-state index in [9.17, 15) is 10.1 Å². The van der Waals surface area contributed by atoms with E-state index in [1.165, 1.54) is 6.07 Å². The molecule has 1 aromatic carbocycles. The summed E-state index contributed by atoms with van der Waals surface area (Å²) in [5, 5.41) is 14.8. The Hall–Kier alpha value is -2.25. The predicted molar refractivity (Wildman–Crippen MR) is 83.3 cm³/mol. The van der Waals surface area contributed by atoms with Crippen molar-refractivity contribution in [1.82, 2.24) is 10.1 Å². The zero-order chi connectivity index (χ0) is 14.9. The second-order valence-electron chi connectivity index (χ2n) is 5.12.